The number of pyridine rings is 1. The molecule has 2 N–H and O–H groups in total. The molecule has 0 radical (unpaired) electrons. The fourth-order valence-corrected chi connectivity index (χ4v) is 3.69. The summed E-state index contributed by atoms with van der Waals surface area (Å²) >= 11 is 12.6. The standard InChI is InChI=1S/C19H12Cl2F2N4O/c20-13-6-12(24)7-14(21)19(13)27-16-3-4-18(28)26(17(16)8-25-27)9-10-1-2-11(22)5-15(10)23/h1-8H,9,24H2. The summed E-state index contributed by atoms with van der Waals surface area (Å²) in [5.74, 6) is -1.42. The molecule has 0 amide bonds. The molecule has 0 aliphatic heterocycles. The summed E-state index contributed by atoms with van der Waals surface area (Å²) in [5.41, 5.74) is 7.35. The number of nitrogens with zero attached hydrogens (tertiary/aromatic N) is 3. The van der Waals surface area contributed by atoms with Gasteiger partial charge in [0, 0.05) is 23.4 Å². The van der Waals surface area contributed by atoms with E-state index < -0.39 is 11.6 Å². The Morgan fingerprint density at radius 1 is 1.00 bits per heavy atom. The van der Waals surface area contributed by atoms with Gasteiger partial charge in [0.1, 0.15) is 17.3 Å². The number of hydrogen-bond acceptors (Lipinski definition) is 3. The number of halogens is 4. The first-order chi connectivity index (χ1) is 13.3. The van der Waals surface area contributed by atoms with Crippen LogP contribution in [0.5, 0.6) is 0 Å². The molecule has 4 rings (SSSR count). The molecule has 9 heteroatoms. The number of benzene rings is 2. The van der Waals surface area contributed by atoms with Crippen molar-refractivity contribution in [3.05, 3.63) is 86.3 Å². The molecule has 0 fully saturated rings. The molecule has 142 valence electrons. The van der Waals surface area contributed by atoms with Crippen molar-refractivity contribution in [2.75, 3.05) is 5.73 Å². The smallest absolute Gasteiger partial charge is 0.251 e. The first kappa shape index (κ1) is 18.5. The lowest BCUT2D eigenvalue weighted by molar-refractivity contribution is 0.566. The van der Waals surface area contributed by atoms with E-state index in [-0.39, 0.29) is 27.7 Å². The van der Waals surface area contributed by atoms with Crippen molar-refractivity contribution < 1.29 is 8.78 Å². The zero-order valence-corrected chi connectivity index (χ0v) is 15.7. The largest absolute Gasteiger partial charge is 0.399 e. The van der Waals surface area contributed by atoms with Gasteiger partial charge >= 0.3 is 0 Å². The molecule has 28 heavy (non-hydrogen) atoms. The maximum Gasteiger partial charge on any atom is 0.251 e. The van der Waals surface area contributed by atoms with Gasteiger partial charge in [-0.2, -0.15) is 5.10 Å². The SMILES string of the molecule is Nc1cc(Cl)c(-n2ncc3c2ccc(=O)n3Cc2ccc(F)cc2F)c(Cl)c1. The fraction of sp³-hybridized carbons (Fsp3) is 0.0526. The van der Waals surface area contributed by atoms with Gasteiger partial charge in [0.25, 0.3) is 5.56 Å². The summed E-state index contributed by atoms with van der Waals surface area (Å²) < 4.78 is 30.0. The highest BCUT2D eigenvalue weighted by Crippen LogP contribution is 2.32. The minimum atomic E-state index is -0.735. The third kappa shape index (κ3) is 3.12. The van der Waals surface area contributed by atoms with Crippen LogP contribution in [-0.4, -0.2) is 14.3 Å². The van der Waals surface area contributed by atoms with Crippen molar-refractivity contribution in [3.8, 4) is 5.69 Å². The lowest BCUT2D eigenvalue weighted by atomic mass is 10.2. The van der Waals surface area contributed by atoms with Crippen molar-refractivity contribution in [2.45, 2.75) is 6.54 Å². The van der Waals surface area contributed by atoms with Crippen LogP contribution in [0.3, 0.4) is 0 Å². The molecule has 5 nitrogen and oxygen atoms in total. The molecule has 0 aliphatic rings. The molecule has 2 aromatic carbocycles. The maximum atomic E-state index is 14.1. The number of aromatic nitrogens is 3. The molecular formula is C19H12Cl2F2N4O. The number of rotatable bonds is 3. The number of nitrogen functional groups attached to an aromatic ring is 1. The Labute approximate surface area is 167 Å². The van der Waals surface area contributed by atoms with Gasteiger partial charge in [-0.05, 0) is 24.3 Å². The van der Waals surface area contributed by atoms with E-state index in [1.807, 2.05) is 0 Å². The van der Waals surface area contributed by atoms with E-state index in [0.29, 0.717) is 22.4 Å². The van der Waals surface area contributed by atoms with Gasteiger partial charge in [-0.25, -0.2) is 13.5 Å². The summed E-state index contributed by atoms with van der Waals surface area (Å²) in [6.45, 7) is -0.0861. The first-order valence-corrected chi connectivity index (χ1v) is 8.87. The Kier molecular flexibility index (Phi) is 4.56. The second kappa shape index (κ2) is 6.92. The molecule has 0 unspecified atom stereocenters. The summed E-state index contributed by atoms with van der Waals surface area (Å²) in [6.07, 6.45) is 1.46. The van der Waals surface area contributed by atoms with E-state index in [2.05, 4.69) is 5.10 Å². The summed E-state index contributed by atoms with van der Waals surface area (Å²) in [7, 11) is 0. The average Bonchev–Trinajstić information content (AvgIpc) is 3.02. The van der Waals surface area contributed by atoms with Gasteiger partial charge < -0.3 is 10.3 Å². The number of fused-ring (bicyclic) bond motifs is 1. The van der Waals surface area contributed by atoms with Crippen LogP contribution in [0.2, 0.25) is 10.0 Å². The van der Waals surface area contributed by atoms with Crippen LogP contribution in [0.4, 0.5) is 14.5 Å². The van der Waals surface area contributed by atoms with Crippen LogP contribution >= 0.6 is 23.2 Å². The Bertz CT molecular complexity index is 1260. The van der Waals surface area contributed by atoms with Crippen LogP contribution in [0.1, 0.15) is 5.56 Å². The van der Waals surface area contributed by atoms with Crippen molar-refractivity contribution >= 4 is 39.9 Å². The van der Waals surface area contributed by atoms with E-state index >= 15 is 0 Å². The van der Waals surface area contributed by atoms with Gasteiger partial charge in [-0.15, -0.1) is 0 Å². The Morgan fingerprint density at radius 3 is 2.39 bits per heavy atom. The van der Waals surface area contributed by atoms with Crippen LogP contribution < -0.4 is 11.3 Å². The number of anilines is 1. The number of hydrogen-bond donors (Lipinski definition) is 1. The highest BCUT2D eigenvalue weighted by Gasteiger charge is 2.16. The molecule has 2 aromatic heterocycles. The van der Waals surface area contributed by atoms with Crippen LogP contribution in [0.25, 0.3) is 16.7 Å². The molecule has 0 saturated heterocycles. The summed E-state index contributed by atoms with van der Waals surface area (Å²) in [5, 5.41) is 4.87. The Hall–Kier alpha value is -2.90. The topological polar surface area (TPSA) is 65.8 Å². The molecule has 2 heterocycles. The van der Waals surface area contributed by atoms with Gasteiger partial charge in [0.2, 0.25) is 0 Å². The Morgan fingerprint density at radius 2 is 1.71 bits per heavy atom. The third-order valence-corrected chi connectivity index (χ3v) is 4.90. The van der Waals surface area contributed by atoms with Gasteiger partial charge in [-0.1, -0.05) is 29.3 Å². The van der Waals surface area contributed by atoms with Crippen LogP contribution in [-0.2, 0) is 6.54 Å². The zero-order chi connectivity index (χ0) is 20.0. The van der Waals surface area contributed by atoms with E-state index in [4.69, 9.17) is 28.9 Å². The normalized spacial score (nSPS) is 11.3. The van der Waals surface area contributed by atoms with E-state index in [9.17, 15) is 13.6 Å². The molecule has 4 aromatic rings. The van der Waals surface area contributed by atoms with Gasteiger partial charge in [0.15, 0.2) is 0 Å². The first-order valence-electron chi connectivity index (χ1n) is 8.11. The molecule has 0 aliphatic carbocycles. The summed E-state index contributed by atoms with van der Waals surface area (Å²) in [4.78, 5) is 12.4. The predicted octanol–water partition coefficient (Wildman–Crippen LogP) is 4.40. The van der Waals surface area contributed by atoms with Crippen molar-refractivity contribution in [3.63, 3.8) is 0 Å². The maximum absolute atomic E-state index is 14.1. The fourth-order valence-electron chi connectivity index (χ4n) is 3.02. The quantitative estimate of drug-likeness (QED) is 0.499. The highest BCUT2D eigenvalue weighted by molar-refractivity contribution is 6.38. The van der Waals surface area contributed by atoms with E-state index in [1.165, 1.54) is 27.6 Å². The van der Waals surface area contributed by atoms with Crippen molar-refractivity contribution in [1.29, 1.82) is 0 Å². The second-order valence-corrected chi connectivity index (χ2v) is 6.97. The van der Waals surface area contributed by atoms with Gasteiger partial charge in [-0.3, -0.25) is 4.79 Å². The van der Waals surface area contributed by atoms with E-state index in [0.717, 1.165) is 12.1 Å². The van der Waals surface area contributed by atoms with Crippen LogP contribution in [0, 0.1) is 11.6 Å². The molecule has 0 bridgehead atoms. The van der Waals surface area contributed by atoms with Crippen molar-refractivity contribution in [1.82, 2.24) is 14.3 Å². The lowest BCUT2D eigenvalue weighted by Crippen LogP contribution is -2.20. The van der Waals surface area contributed by atoms with Gasteiger partial charge in [0.05, 0.1) is 33.8 Å². The monoisotopic (exact) mass is 420 g/mol. The molecule has 0 spiro atoms. The predicted molar refractivity (Wildman–Crippen MR) is 105 cm³/mol. The average molecular weight is 421 g/mol. The molecule has 0 atom stereocenters. The molecular weight excluding hydrogens is 409 g/mol. The zero-order valence-electron chi connectivity index (χ0n) is 14.2. The lowest BCUT2D eigenvalue weighted by Gasteiger charge is -2.11. The second-order valence-electron chi connectivity index (χ2n) is 6.15. The summed E-state index contributed by atoms with van der Waals surface area (Å²) in [6, 6.07) is 9.21. The van der Waals surface area contributed by atoms with Crippen molar-refractivity contribution in [2.24, 2.45) is 0 Å². The molecule has 0 saturated carbocycles. The minimum Gasteiger partial charge on any atom is -0.399 e. The highest BCUT2D eigenvalue weighted by atomic mass is 35.5. The van der Waals surface area contributed by atoms with E-state index in [1.54, 1.807) is 18.2 Å². The number of nitrogens with two attached hydrogens (primary N) is 1. The van der Waals surface area contributed by atoms with Crippen LogP contribution in [0.15, 0.2) is 53.5 Å². The minimum absolute atomic E-state index is 0.0861. The third-order valence-electron chi connectivity index (χ3n) is 4.32. The Balaban J connectivity index is 1.89.